The molecule has 1 aromatic carbocycles. The van der Waals surface area contributed by atoms with Gasteiger partial charge in [-0.05, 0) is 13.0 Å². The highest BCUT2D eigenvalue weighted by Gasteiger charge is 2.11. The number of nitrogens with one attached hydrogen (secondary N) is 1. The highest BCUT2D eigenvalue weighted by atomic mass is 35.5. The van der Waals surface area contributed by atoms with E-state index in [0.717, 1.165) is 21.1 Å². The average Bonchev–Trinajstić information content (AvgIpc) is 2.95. The van der Waals surface area contributed by atoms with Gasteiger partial charge in [0.15, 0.2) is 0 Å². The van der Waals surface area contributed by atoms with Crippen LogP contribution in [0.1, 0.15) is 20.9 Å². The molecule has 5 nitrogen and oxygen atoms in total. The van der Waals surface area contributed by atoms with Gasteiger partial charge in [0.05, 0.1) is 22.8 Å². The van der Waals surface area contributed by atoms with Crippen LogP contribution in [0.25, 0.3) is 10.6 Å². The molecule has 3 rings (SSSR count). The Bertz CT molecular complexity index is 880. The Labute approximate surface area is 148 Å². The number of carbonyl (C=O) groups excluding carboxylic acids is 1. The third kappa shape index (κ3) is 3.55. The molecule has 0 spiro atoms. The van der Waals surface area contributed by atoms with E-state index in [2.05, 4.69) is 15.3 Å². The van der Waals surface area contributed by atoms with Crippen molar-refractivity contribution in [2.24, 2.45) is 5.73 Å². The van der Waals surface area contributed by atoms with Crippen molar-refractivity contribution >= 4 is 34.7 Å². The first-order valence-corrected chi connectivity index (χ1v) is 8.45. The van der Waals surface area contributed by atoms with Gasteiger partial charge in [-0.1, -0.05) is 41.9 Å². The van der Waals surface area contributed by atoms with Crippen LogP contribution in [0.15, 0.2) is 42.6 Å². The molecule has 2 aromatic heterocycles. The molecule has 1 amide bonds. The van der Waals surface area contributed by atoms with Crippen LogP contribution in [-0.4, -0.2) is 15.9 Å². The van der Waals surface area contributed by atoms with Crippen LogP contribution in [-0.2, 0) is 6.54 Å². The molecule has 0 aliphatic rings. The molecule has 3 aromatic rings. The molecule has 0 saturated heterocycles. The second kappa shape index (κ2) is 6.98. The van der Waals surface area contributed by atoms with E-state index in [9.17, 15) is 4.79 Å². The molecule has 0 radical (unpaired) electrons. The normalized spacial score (nSPS) is 10.6. The van der Waals surface area contributed by atoms with E-state index in [-0.39, 0.29) is 5.56 Å². The summed E-state index contributed by atoms with van der Waals surface area (Å²) in [5, 5.41) is 4.51. The largest absolute Gasteiger partial charge is 0.366 e. The predicted octanol–water partition coefficient (Wildman–Crippen LogP) is 3.88. The van der Waals surface area contributed by atoms with E-state index >= 15 is 0 Å². The quantitative estimate of drug-likeness (QED) is 0.725. The van der Waals surface area contributed by atoms with Crippen LogP contribution >= 0.6 is 22.9 Å². The summed E-state index contributed by atoms with van der Waals surface area (Å²) in [6, 6.07) is 11.6. The van der Waals surface area contributed by atoms with Gasteiger partial charge < -0.3 is 11.1 Å². The van der Waals surface area contributed by atoms with Crippen molar-refractivity contribution in [3.05, 3.63) is 63.8 Å². The second-order valence-electron chi connectivity index (χ2n) is 5.17. The Morgan fingerprint density at radius 1 is 1.33 bits per heavy atom. The number of amides is 1. The Kier molecular flexibility index (Phi) is 4.78. The van der Waals surface area contributed by atoms with Crippen LogP contribution in [0.4, 0.5) is 5.82 Å². The fourth-order valence-electron chi connectivity index (χ4n) is 2.16. The number of pyridine rings is 1. The summed E-state index contributed by atoms with van der Waals surface area (Å²) in [5.74, 6) is -0.0440. The molecule has 0 aliphatic heterocycles. The Morgan fingerprint density at radius 3 is 2.75 bits per heavy atom. The number of aryl methyl sites for hydroxylation is 1. The lowest BCUT2D eigenvalue weighted by molar-refractivity contribution is 0.1000. The molecule has 3 N–H and O–H groups in total. The molecule has 122 valence electrons. The minimum absolute atomic E-state index is 0.283. The summed E-state index contributed by atoms with van der Waals surface area (Å²) >= 11 is 7.76. The van der Waals surface area contributed by atoms with Crippen LogP contribution in [0.3, 0.4) is 0 Å². The lowest BCUT2D eigenvalue weighted by atomic mass is 10.2. The summed E-state index contributed by atoms with van der Waals surface area (Å²) < 4.78 is 0. The first kappa shape index (κ1) is 16.4. The van der Waals surface area contributed by atoms with E-state index in [1.807, 2.05) is 37.3 Å². The zero-order valence-electron chi connectivity index (χ0n) is 12.9. The van der Waals surface area contributed by atoms with E-state index in [0.29, 0.717) is 17.4 Å². The highest BCUT2D eigenvalue weighted by molar-refractivity contribution is 7.15. The molecule has 0 saturated carbocycles. The van der Waals surface area contributed by atoms with Crippen LogP contribution in [0.2, 0.25) is 5.02 Å². The van der Waals surface area contributed by atoms with Gasteiger partial charge in [0.25, 0.3) is 0 Å². The number of hydrogen-bond acceptors (Lipinski definition) is 5. The van der Waals surface area contributed by atoms with Gasteiger partial charge in [0, 0.05) is 16.6 Å². The highest BCUT2D eigenvalue weighted by Crippen LogP contribution is 2.29. The number of hydrogen-bond donors (Lipinski definition) is 2. The van der Waals surface area contributed by atoms with Crippen molar-refractivity contribution in [1.29, 1.82) is 0 Å². The number of nitrogens with zero attached hydrogens (tertiary/aromatic N) is 2. The van der Waals surface area contributed by atoms with Gasteiger partial charge >= 0.3 is 0 Å². The molecule has 0 bridgehead atoms. The smallest absolute Gasteiger partial charge is 0.250 e. The topological polar surface area (TPSA) is 80.9 Å². The molecule has 24 heavy (non-hydrogen) atoms. The van der Waals surface area contributed by atoms with Crippen LogP contribution in [0.5, 0.6) is 0 Å². The third-order valence-corrected chi connectivity index (χ3v) is 4.95. The summed E-state index contributed by atoms with van der Waals surface area (Å²) in [7, 11) is 0. The summed E-state index contributed by atoms with van der Waals surface area (Å²) in [6.07, 6.45) is 1.41. The van der Waals surface area contributed by atoms with E-state index < -0.39 is 5.91 Å². The van der Waals surface area contributed by atoms with Crippen LogP contribution < -0.4 is 11.1 Å². The predicted molar refractivity (Wildman–Crippen MR) is 97.4 cm³/mol. The summed E-state index contributed by atoms with van der Waals surface area (Å²) in [6.45, 7) is 2.53. The van der Waals surface area contributed by atoms with Gasteiger partial charge in [-0.25, -0.2) is 9.97 Å². The van der Waals surface area contributed by atoms with Crippen molar-refractivity contribution in [3.63, 3.8) is 0 Å². The van der Waals surface area contributed by atoms with E-state index in [1.165, 1.54) is 12.3 Å². The van der Waals surface area contributed by atoms with E-state index in [4.69, 9.17) is 17.3 Å². The maximum atomic E-state index is 11.1. The van der Waals surface area contributed by atoms with Gasteiger partial charge in [0.2, 0.25) is 5.91 Å². The molecule has 0 fully saturated rings. The number of halogens is 1. The molecule has 0 atom stereocenters. The molecule has 7 heteroatoms. The zero-order chi connectivity index (χ0) is 17.1. The molecular formula is C17H15ClN4OS. The number of aromatic nitrogens is 2. The number of primary amides is 1. The number of rotatable bonds is 5. The standard InChI is InChI=1S/C17H15ClN4OS/c1-10-14(24-17(22-10)11-5-3-2-4-6-11)9-21-16-13(18)7-12(8-20-16)15(19)23/h2-8H,9H2,1H3,(H2,19,23)(H,20,21). The van der Waals surface area contributed by atoms with Crippen molar-refractivity contribution in [1.82, 2.24) is 9.97 Å². The molecular weight excluding hydrogens is 344 g/mol. The van der Waals surface area contributed by atoms with Gasteiger partial charge in [-0.2, -0.15) is 0 Å². The Hall–Kier alpha value is -2.44. The summed E-state index contributed by atoms with van der Waals surface area (Å²) in [4.78, 5) is 21.0. The molecule has 0 unspecified atom stereocenters. The minimum atomic E-state index is -0.554. The van der Waals surface area contributed by atoms with Crippen molar-refractivity contribution in [3.8, 4) is 10.6 Å². The maximum Gasteiger partial charge on any atom is 0.250 e. The Balaban J connectivity index is 1.76. The van der Waals surface area contributed by atoms with E-state index in [1.54, 1.807) is 11.3 Å². The minimum Gasteiger partial charge on any atom is -0.366 e. The number of thiazole rings is 1. The monoisotopic (exact) mass is 358 g/mol. The number of carbonyl (C=O) groups is 1. The first-order chi connectivity index (χ1) is 11.5. The lowest BCUT2D eigenvalue weighted by Gasteiger charge is -2.07. The van der Waals surface area contributed by atoms with Crippen molar-refractivity contribution in [2.75, 3.05) is 5.32 Å². The third-order valence-electron chi connectivity index (χ3n) is 3.46. The van der Waals surface area contributed by atoms with Gasteiger partial charge in [-0.15, -0.1) is 11.3 Å². The number of benzene rings is 1. The van der Waals surface area contributed by atoms with Gasteiger partial charge in [-0.3, -0.25) is 4.79 Å². The van der Waals surface area contributed by atoms with Crippen molar-refractivity contribution < 1.29 is 4.79 Å². The van der Waals surface area contributed by atoms with Crippen LogP contribution in [0, 0.1) is 6.92 Å². The van der Waals surface area contributed by atoms with Crippen molar-refractivity contribution in [2.45, 2.75) is 13.5 Å². The van der Waals surface area contributed by atoms with Gasteiger partial charge in [0.1, 0.15) is 10.8 Å². The zero-order valence-corrected chi connectivity index (χ0v) is 14.5. The fraction of sp³-hybridized carbons (Fsp3) is 0.118. The number of anilines is 1. The Morgan fingerprint density at radius 2 is 2.08 bits per heavy atom. The maximum absolute atomic E-state index is 11.1. The second-order valence-corrected chi connectivity index (χ2v) is 6.66. The molecule has 0 aliphatic carbocycles. The molecule has 2 heterocycles. The number of nitrogens with two attached hydrogens (primary N) is 1. The SMILES string of the molecule is Cc1nc(-c2ccccc2)sc1CNc1ncc(C(N)=O)cc1Cl. The first-order valence-electron chi connectivity index (χ1n) is 7.25. The average molecular weight is 359 g/mol. The fourth-order valence-corrected chi connectivity index (χ4v) is 3.40. The summed E-state index contributed by atoms with van der Waals surface area (Å²) in [5.41, 5.74) is 7.56. The lowest BCUT2D eigenvalue weighted by Crippen LogP contribution is -2.12.